The minimum atomic E-state index is -0.630. The van der Waals surface area contributed by atoms with E-state index in [0.717, 1.165) is 72.5 Å². The molecule has 3 aliphatic heterocycles. The van der Waals surface area contributed by atoms with Gasteiger partial charge >= 0.3 is 0 Å². The van der Waals surface area contributed by atoms with E-state index in [1.54, 1.807) is 23.1 Å². The van der Waals surface area contributed by atoms with Crippen molar-refractivity contribution < 1.29 is 29.0 Å². The van der Waals surface area contributed by atoms with E-state index in [0.29, 0.717) is 50.3 Å². The first-order valence-electron chi connectivity index (χ1n) is 19.6. The molecule has 4 aromatic carbocycles. The molecule has 2 fully saturated rings. The number of amides is 3. The summed E-state index contributed by atoms with van der Waals surface area (Å²) in [7, 11) is 0. The number of rotatable bonds is 14. The van der Waals surface area contributed by atoms with E-state index in [-0.39, 0.29) is 29.8 Å². The second kappa shape index (κ2) is 17.3. The number of phenolic OH excluding ortho intramolecular Hbond substituents is 1. The number of imide groups is 1. The standard InChI is InChI=1S/C46H49N3O6/c1-2-40(33-6-4-3-5-7-33)44(34-10-15-37(50)16-11-34)35-12-17-39(18-13-35)55-27-26-48-24-22-32(23-25-48)29-38(51)14-8-31-9-19-41-36(28-31)30-49(46(41)54)42-20-21-43(52)47-45(42)53/h3-7,9-13,15-19,28,32,42,50H,2,8,14,20-27,29-30H2,1H3,(H,47,52,53)/b44-40-. The van der Waals surface area contributed by atoms with Gasteiger partial charge in [0.25, 0.3) is 5.91 Å². The van der Waals surface area contributed by atoms with Crippen LogP contribution in [-0.4, -0.2) is 70.7 Å². The minimum Gasteiger partial charge on any atom is -0.508 e. The van der Waals surface area contributed by atoms with Crippen molar-refractivity contribution in [3.8, 4) is 11.5 Å². The summed E-state index contributed by atoms with van der Waals surface area (Å²) < 4.78 is 6.18. The Labute approximate surface area is 323 Å². The van der Waals surface area contributed by atoms with Gasteiger partial charge in [-0.3, -0.25) is 29.4 Å². The number of ether oxygens (including phenoxy) is 1. The molecular weight excluding hydrogens is 691 g/mol. The monoisotopic (exact) mass is 739 g/mol. The van der Waals surface area contributed by atoms with Gasteiger partial charge in [-0.2, -0.15) is 0 Å². The summed E-state index contributed by atoms with van der Waals surface area (Å²) in [4.78, 5) is 53.9. The molecule has 3 amide bonds. The summed E-state index contributed by atoms with van der Waals surface area (Å²) in [5, 5.41) is 12.3. The predicted octanol–water partition coefficient (Wildman–Crippen LogP) is 7.21. The molecule has 0 aliphatic carbocycles. The molecular formula is C46H49N3O6. The van der Waals surface area contributed by atoms with Crippen molar-refractivity contribution in [1.82, 2.24) is 15.1 Å². The van der Waals surface area contributed by atoms with Gasteiger partial charge in [-0.05, 0) is 120 Å². The minimum absolute atomic E-state index is 0.182. The van der Waals surface area contributed by atoms with Crippen molar-refractivity contribution in [1.29, 1.82) is 0 Å². The van der Waals surface area contributed by atoms with Crippen molar-refractivity contribution >= 4 is 34.7 Å². The number of phenols is 1. The van der Waals surface area contributed by atoms with Crippen molar-refractivity contribution in [3.05, 3.63) is 130 Å². The lowest BCUT2D eigenvalue weighted by atomic mass is 9.88. The number of nitrogens with zero attached hydrogens (tertiary/aromatic N) is 2. The third-order valence-corrected chi connectivity index (χ3v) is 11.3. The number of Topliss-reactive ketones (excluding diaryl/α,β-unsaturated/α-hetero) is 1. The number of benzene rings is 4. The van der Waals surface area contributed by atoms with Gasteiger partial charge in [-0.15, -0.1) is 0 Å². The van der Waals surface area contributed by atoms with Crippen LogP contribution < -0.4 is 10.1 Å². The van der Waals surface area contributed by atoms with Crippen LogP contribution >= 0.6 is 0 Å². The number of carbonyl (C=O) groups excluding carboxylic acids is 4. The fraction of sp³-hybridized carbons (Fsp3) is 0.348. The van der Waals surface area contributed by atoms with Crippen molar-refractivity contribution in [3.63, 3.8) is 0 Å². The Hall–Kier alpha value is -5.54. The molecule has 3 heterocycles. The number of likely N-dealkylation sites (tertiary alicyclic amines) is 1. The molecule has 0 aromatic heterocycles. The van der Waals surface area contributed by atoms with Crippen LogP contribution in [0.2, 0.25) is 0 Å². The van der Waals surface area contributed by atoms with Crippen LogP contribution in [0.15, 0.2) is 97.1 Å². The highest BCUT2D eigenvalue weighted by molar-refractivity contribution is 6.05. The number of allylic oxidation sites excluding steroid dienone is 1. The molecule has 4 aromatic rings. The number of aryl methyl sites for hydroxylation is 1. The Morgan fingerprint density at radius 3 is 2.25 bits per heavy atom. The summed E-state index contributed by atoms with van der Waals surface area (Å²) in [6.45, 7) is 5.83. The van der Waals surface area contributed by atoms with E-state index in [1.807, 2.05) is 42.5 Å². The SMILES string of the molecule is CC/C(=C(\c1ccc(O)cc1)c1ccc(OCCN2CCC(CC(=O)CCc3ccc4c(c3)CN(C3CCC(=O)NC3=O)C4=O)CC2)cc1)c1ccccc1. The highest BCUT2D eigenvalue weighted by Crippen LogP contribution is 2.36. The average Bonchev–Trinajstić information content (AvgIpc) is 3.52. The third kappa shape index (κ3) is 9.06. The summed E-state index contributed by atoms with van der Waals surface area (Å²) in [5.74, 6) is 0.834. The Morgan fingerprint density at radius 2 is 1.56 bits per heavy atom. The van der Waals surface area contributed by atoms with E-state index in [9.17, 15) is 24.3 Å². The number of hydrogen-bond acceptors (Lipinski definition) is 7. The number of hydrogen-bond donors (Lipinski definition) is 2. The maximum Gasteiger partial charge on any atom is 0.255 e. The summed E-state index contributed by atoms with van der Waals surface area (Å²) in [6, 6.07) is 31.2. The molecule has 0 bridgehead atoms. The smallest absolute Gasteiger partial charge is 0.255 e. The van der Waals surface area contributed by atoms with Crippen LogP contribution in [0, 0.1) is 5.92 Å². The Kier molecular flexibility index (Phi) is 11.9. The first kappa shape index (κ1) is 37.8. The van der Waals surface area contributed by atoms with Crippen LogP contribution in [0.4, 0.5) is 0 Å². The molecule has 55 heavy (non-hydrogen) atoms. The molecule has 0 spiro atoms. The molecule has 1 atom stereocenters. The fourth-order valence-electron chi connectivity index (χ4n) is 8.22. The topological polar surface area (TPSA) is 116 Å². The largest absolute Gasteiger partial charge is 0.508 e. The van der Waals surface area contributed by atoms with Crippen LogP contribution in [0.3, 0.4) is 0 Å². The second-order valence-corrected chi connectivity index (χ2v) is 14.9. The van der Waals surface area contributed by atoms with Crippen LogP contribution in [0.5, 0.6) is 11.5 Å². The van der Waals surface area contributed by atoms with Gasteiger partial charge < -0.3 is 14.7 Å². The summed E-state index contributed by atoms with van der Waals surface area (Å²) in [5.41, 5.74) is 8.18. The third-order valence-electron chi connectivity index (χ3n) is 11.3. The van der Waals surface area contributed by atoms with Crippen LogP contribution in [-0.2, 0) is 27.3 Å². The van der Waals surface area contributed by atoms with Crippen LogP contribution in [0.1, 0.15) is 90.0 Å². The maximum atomic E-state index is 13.0. The van der Waals surface area contributed by atoms with Gasteiger partial charge in [0, 0.05) is 37.9 Å². The first-order valence-corrected chi connectivity index (χ1v) is 19.6. The van der Waals surface area contributed by atoms with Gasteiger partial charge in [-0.1, -0.05) is 73.7 Å². The molecule has 284 valence electrons. The molecule has 7 rings (SSSR count). The molecule has 9 heteroatoms. The Bertz CT molecular complexity index is 2050. The zero-order valence-electron chi connectivity index (χ0n) is 31.5. The molecule has 1 unspecified atom stereocenters. The van der Waals surface area contributed by atoms with Gasteiger partial charge in [0.15, 0.2) is 0 Å². The Balaban J connectivity index is 0.852. The van der Waals surface area contributed by atoms with E-state index in [4.69, 9.17) is 4.74 Å². The lowest BCUT2D eigenvalue weighted by molar-refractivity contribution is -0.137. The number of fused-ring (bicyclic) bond motifs is 1. The molecule has 9 nitrogen and oxygen atoms in total. The number of carbonyl (C=O) groups is 4. The normalized spacial score (nSPS) is 18.2. The highest BCUT2D eigenvalue weighted by atomic mass is 16.5. The fourth-order valence-corrected chi connectivity index (χ4v) is 8.22. The lowest BCUT2D eigenvalue weighted by Crippen LogP contribution is -2.52. The second-order valence-electron chi connectivity index (χ2n) is 14.9. The van der Waals surface area contributed by atoms with Gasteiger partial charge in [0.1, 0.15) is 29.9 Å². The van der Waals surface area contributed by atoms with E-state index in [2.05, 4.69) is 53.5 Å². The number of piperidine rings is 2. The zero-order chi connectivity index (χ0) is 38.3. The van der Waals surface area contributed by atoms with Crippen LogP contribution in [0.25, 0.3) is 11.1 Å². The average molecular weight is 740 g/mol. The summed E-state index contributed by atoms with van der Waals surface area (Å²) >= 11 is 0. The van der Waals surface area contributed by atoms with Crippen molar-refractivity contribution in [2.24, 2.45) is 5.92 Å². The number of ketones is 1. The number of nitrogens with one attached hydrogen (secondary N) is 1. The van der Waals surface area contributed by atoms with E-state index >= 15 is 0 Å². The molecule has 0 radical (unpaired) electrons. The molecule has 2 saturated heterocycles. The van der Waals surface area contributed by atoms with E-state index in [1.165, 1.54) is 11.1 Å². The molecule has 2 N–H and O–H groups in total. The molecule has 3 aliphatic rings. The number of aromatic hydroxyl groups is 1. The van der Waals surface area contributed by atoms with E-state index < -0.39 is 11.9 Å². The van der Waals surface area contributed by atoms with Crippen molar-refractivity contribution in [2.75, 3.05) is 26.2 Å². The maximum absolute atomic E-state index is 13.0. The first-order chi connectivity index (χ1) is 26.7. The van der Waals surface area contributed by atoms with Gasteiger partial charge in [-0.25, -0.2) is 0 Å². The van der Waals surface area contributed by atoms with Gasteiger partial charge in [0.2, 0.25) is 11.8 Å². The van der Waals surface area contributed by atoms with Gasteiger partial charge in [0.05, 0.1) is 0 Å². The zero-order valence-corrected chi connectivity index (χ0v) is 31.5. The molecule has 0 saturated carbocycles. The predicted molar refractivity (Wildman–Crippen MR) is 212 cm³/mol. The quantitative estimate of drug-likeness (QED) is 0.104. The Morgan fingerprint density at radius 1 is 0.855 bits per heavy atom. The summed E-state index contributed by atoms with van der Waals surface area (Å²) in [6.07, 6.45) is 5.09. The highest BCUT2D eigenvalue weighted by Gasteiger charge is 2.39. The lowest BCUT2D eigenvalue weighted by Gasteiger charge is -2.31. The van der Waals surface area contributed by atoms with Crippen molar-refractivity contribution in [2.45, 2.75) is 70.9 Å².